The highest BCUT2D eigenvalue weighted by atomic mass is 14.9. The van der Waals surface area contributed by atoms with Crippen molar-refractivity contribution in [3.05, 3.63) is 30.1 Å². The zero-order valence-electron chi connectivity index (χ0n) is 12.5. The lowest BCUT2D eigenvalue weighted by Gasteiger charge is -2.55. The van der Waals surface area contributed by atoms with Crippen LogP contribution < -0.4 is 5.32 Å². The van der Waals surface area contributed by atoms with Crippen molar-refractivity contribution in [1.82, 2.24) is 10.3 Å². The van der Waals surface area contributed by atoms with Crippen LogP contribution in [0.1, 0.15) is 50.1 Å². The molecule has 0 radical (unpaired) electrons. The third-order valence-electron chi connectivity index (χ3n) is 6.39. The predicted octanol–water partition coefficient (Wildman–Crippen LogP) is 3.80. The van der Waals surface area contributed by atoms with Crippen LogP contribution >= 0.6 is 0 Å². The molecule has 2 heteroatoms. The van der Waals surface area contributed by atoms with Gasteiger partial charge >= 0.3 is 0 Å². The average molecular weight is 270 g/mol. The van der Waals surface area contributed by atoms with E-state index in [0.29, 0.717) is 6.04 Å². The summed E-state index contributed by atoms with van der Waals surface area (Å²) in [6, 6.07) is 4.87. The summed E-state index contributed by atoms with van der Waals surface area (Å²) in [5, 5.41) is 3.55. The molecule has 2 nitrogen and oxygen atoms in total. The van der Waals surface area contributed by atoms with Gasteiger partial charge in [0.05, 0.1) is 0 Å². The molecule has 4 aliphatic rings. The number of hydrogen-bond donors (Lipinski definition) is 1. The van der Waals surface area contributed by atoms with E-state index in [0.717, 1.165) is 29.6 Å². The van der Waals surface area contributed by atoms with Crippen molar-refractivity contribution in [2.45, 2.75) is 44.6 Å². The zero-order chi connectivity index (χ0) is 13.5. The molecule has 0 amide bonds. The second-order valence-corrected chi connectivity index (χ2v) is 7.45. The molecule has 0 aliphatic heterocycles. The molecule has 1 heterocycles. The number of nitrogens with one attached hydrogen (secondary N) is 1. The van der Waals surface area contributed by atoms with Crippen LogP contribution in [-0.4, -0.2) is 12.0 Å². The standard InChI is InChI=1S/C18H26N2/c1-19-18(14-2-4-20-5-3-14)11-17-15-7-12-6-13(9-15)10-16(17)8-12/h2-5,12-13,15-19H,6-11H2,1H3. The highest BCUT2D eigenvalue weighted by Crippen LogP contribution is 2.58. The van der Waals surface area contributed by atoms with E-state index >= 15 is 0 Å². The Hall–Kier alpha value is -0.890. The first kappa shape index (κ1) is 12.8. The molecule has 1 aromatic rings. The molecule has 1 atom stereocenters. The van der Waals surface area contributed by atoms with Crippen LogP contribution in [0.4, 0.5) is 0 Å². The molecule has 4 fully saturated rings. The molecule has 0 saturated heterocycles. The molecule has 1 N–H and O–H groups in total. The lowest BCUT2D eigenvalue weighted by atomic mass is 9.51. The molecular weight excluding hydrogens is 244 g/mol. The molecule has 108 valence electrons. The van der Waals surface area contributed by atoms with Crippen LogP contribution in [0.15, 0.2) is 24.5 Å². The molecule has 4 aliphatic carbocycles. The number of aromatic nitrogens is 1. The van der Waals surface area contributed by atoms with Crippen LogP contribution in [0, 0.1) is 29.6 Å². The van der Waals surface area contributed by atoms with Gasteiger partial charge in [-0.1, -0.05) is 0 Å². The zero-order valence-corrected chi connectivity index (χ0v) is 12.5. The van der Waals surface area contributed by atoms with E-state index in [4.69, 9.17) is 0 Å². The Morgan fingerprint density at radius 2 is 1.65 bits per heavy atom. The van der Waals surface area contributed by atoms with Gasteiger partial charge in [-0.15, -0.1) is 0 Å². The van der Waals surface area contributed by atoms with Gasteiger partial charge in [-0.3, -0.25) is 4.98 Å². The van der Waals surface area contributed by atoms with Gasteiger partial charge in [-0.05, 0) is 92.9 Å². The number of pyridine rings is 1. The van der Waals surface area contributed by atoms with Gasteiger partial charge in [0.2, 0.25) is 0 Å². The van der Waals surface area contributed by atoms with Gasteiger partial charge in [0.25, 0.3) is 0 Å². The molecule has 0 aromatic carbocycles. The monoisotopic (exact) mass is 270 g/mol. The SMILES string of the molecule is CNC(CC1C2CC3CC(C2)CC1C3)c1ccncc1. The third-order valence-corrected chi connectivity index (χ3v) is 6.39. The lowest BCUT2D eigenvalue weighted by Crippen LogP contribution is -2.46. The minimum Gasteiger partial charge on any atom is -0.313 e. The Morgan fingerprint density at radius 1 is 1.05 bits per heavy atom. The number of nitrogens with zero attached hydrogens (tertiary/aromatic N) is 1. The fraction of sp³-hybridized carbons (Fsp3) is 0.722. The number of rotatable bonds is 4. The summed E-state index contributed by atoms with van der Waals surface area (Å²) in [6.07, 6.45) is 12.9. The van der Waals surface area contributed by atoms with Crippen molar-refractivity contribution < 1.29 is 0 Å². The molecule has 4 saturated carbocycles. The van der Waals surface area contributed by atoms with Crippen LogP contribution in [-0.2, 0) is 0 Å². The second kappa shape index (κ2) is 5.14. The first-order valence-corrected chi connectivity index (χ1v) is 8.40. The summed E-state index contributed by atoms with van der Waals surface area (Å²) in [5.41, 5.74) is 1.41. The number of hydrogen-bond acceptors (Lipinski definition) is 2. The Kier molecular flexibility index (Phi) is 3.30. The lowest BCUT2D eigenvalue weighted by molar-refractivity contribution is -0.0431. The molecular formula is C18H26N2. The fourth-order valence-corrected chi connectivity index (χ4v) is 5.71. The topological polar surface area (TPSA) is 24.9 Å². The maximum Gasteiger partial charge on any atom is 0.0321 e. The summed E-state index contributed by atoms with van der Waals surface area (Å²) < 4.78 is 0. The molecule has 1 unspecified atom stereocenters. The van der Waals surface area contributed by atoms with E-state index in [1.54, 1.807) is 6.42 Å². The van der Waals surface area contributed by atoms with Crippen LogP contribution in [0.25, 0.3) is 0 Å². The van der Waals surface area contributed by atoms with E-state index in [9.17, 15) is 0 Å². The van der Waals surface area contributed by atoms with Crippen LogP contribution in [0.5, 0.6) is 0 Å². The summed E-state index contributed by atoms with van der Waals surface area (Å²) in [4.78, 5) is 4.15. The molecule has 0 spiro atoms. The predicted molar refractivity (Wildman–Crippen MR) is 81.2 cm³/mol. The van der Waals surface area contributed by atoms with Crippen LogP contribution in [0.3, 0.4) is 0 Å². The Morgan fingerprint density at radius 3 is 2.20 bits per heavy atom. The second-order valence-electron chi connectivity index (χ2n) is 7.45. The van der Waals surface area contributed by atoms with E-state index in [1.165, 1.54) is 37.7 Å². The first-order chi connectivity index (χ1) is 9.83. The molecule has 4 bridgehead atoms. The normalized spacial score (nSPS) is 40.0. The quantitative estimate of drug-likeness (QED) is 0.900. The third kappa shape index (κ3) is 2.18. The van der Waals surface area contributed by atoms with Crippen molar-refractivity contribution in [1.29, 1.82) is 0 Å². The fourth-order valence-electron chi connectivity index (χ4n) is 5.71. The van der Waals surface area contributed by atoms with Gasteiger partial charge in [0.1, 0.15) is 0 Å². The summed E-state index contributed by atoms with van der Waals surface area (Å²) >= 11 is 0. The largest absolute Gasteiger partial charge is 0.313 e. The maximum atomic E-state index is 4.15. The first-order valence-electron chi connectivity index (χ1n) is 8.40. The van der Waals surface area contributed by atoms with E-state index < -0.39 is 0 Å². The van der Waals surface area contributed by atoms with Crippen molar-refractivity contribution in [3.8, 4) is 0 Å². The summed E-state index contributed by atoms with van der Waals surface area (Å²) in [6.45, 7) is 0. The van der Waals surface area contributed by atoms with Crippen LogP contribution in [0.2, 0.25) is 0 Å². The van der Waals surface area contributed by atoms with Crippen molar-refractivity contribution in [2.24, 2.45) is 29.6 Å². The van der Waals surface area contributed by atoms with Crippen molar-refractivity contribution in [3.63, 3.8) is 0 Å². The highest BCUT2D eigenvalue weighted by Gasteiger charge is 2.48. The van der Waals surface area contributed by atoms with Gasteiger partial charge in [0.15, 0.2) is 0 Å². The van der Waals surface area contributed by atoms with Gasteiger partial charge in [0, 0.05) is 18.4 Å². The minimum absolute atomic E-state index is 0.514. The van der Waals surface area contributed by atoms with E-state index in [1.807, 2.05) is 12.4 Å². The van der Waals surface area contributed by atoms with E-state index in [2.05, 4.69) is 29.5 Å². The Labute approximate surface area is 122 Å². The van der Waals surface area contributed by atoms with Gasteiger partial charge in [-0.25, -0.2) is 0 Å². The minimum atomic E-state index is 0.514. The van der Waals surface area contributed by atoms with Gasteiger partial charge in [-0.2, -0.15) is 0 Å². The van der Waals surface area contributed by atoms with Crippen molar-refractivity contribution in [2.75, 3.05) is 7.05 Å². The molecule has 20 heavy (non-hydrogen) atoms. The Bertz CT molecular complexity index is 428. The summed E-state index contributed by atoms with van der Waals surface area (Å²) in [7, 11) is 2.11. The van der Waals surface area contributed by atoms with Crippen molar-refractivity contribution >= 4 is 0 Å². The van der Waals surface area contributed by atoms with E-state index in [-0.39, 0.29) is 0 Å². The maximum absolute atomic E-state index is 4.15. The smallest absolute Gasteiger partial charge is 0.0321 e. The highest BCUT2D eigenvalue weighted by molar-refractivity contribution is 5.15. The average Bonchev–Trinajstić information content (AvgIpc) is 2.47. The Balaban J connectivity index is 1.50. The molecule has 5 rings (SSSR count). The molecule has 1 aromatic heterocycles. The van der Waals surface area contributed by atoms with Gasteiger partial charge < -0.3 is 5.32 Å². The summed E-state index contributed by atoms with van der Waals surface area (Å²) in [5.74, 6) is 5.20.